The van der Waals surface area contributed by atoms with Gasteiger partial charge < -0.3 is 4.74 Å². The zero-order chi connectivity index (χ0) is 12.4. The van der Waals surface area contributed by atoms with Crippen LogP contribution in [0.3, 0.4) is 0 Å². The lowest BCUT2D eigenvalue weighted by Gasteiger charge is -2.29. The van der Waals surface area contributed by atoms with Gasteiger partial charge in [-0.25, -0.2) is 0 Å². The number of benzene rings is 1. The highest BCUT2D eigenvalue weighted by Gasteiger charge is 2.28. The van der Waals surface area contributed by atoms with Gasteiger partial charge in [0.25, 0.3) is 0 Å². The third kappa shape index (κ3) is 2.74. The first-order valence-electron chi connectivity index (χ1n) is 7.02. The summed E-state index contributed by atoms with van der Waals surface area (Å²) in [4.78, 5) is 0. The van der Waals surface area contributed by atoms with Crippen LogP contribution in [0.5, 0.6) is 0 Å². The van der Waals surface area contributed by atoms with Crippen molar-refractivity contribution in [2.24, 2.45) is 11.8 Å². The number of hydrogen-bond donors (Lipinski definition) is 2. The van der Waals surface area contributed by atoms with E-state index < -0.39 is 0 Å². The third-order valence-corrected chi connectivity index (χ3v) is 4.14. The van der Waals surface area contributed by atoms with Gasteiger partial charge in [0.2, 0.25) is 0 Å². The van der Waals surface area contributed by atoms with Crippen LogP contribution in [0.1, 0.15) is 42.9 Å². The van der Waals surface area contributed by atoms with Crippen molar-refractivity contribution in [1.29, 1.82) is 0 Å². The molecule has 1 aromatic carbocycles. The smallest absolute Gasteiger partial charge is 0.0843 e. The van der Waals surface area contributed by atoms with E-state index in [4.69, 9.17) is 10.6 Å². The molecule has 1 saturated carbocycles. The molecule has 98 valence electrons. The van der Waals surface area contributed by atoms with Gasteiger partial charge in [0, 0.05) is 6.04 Å². The fraction of sp³-hybridized carbons (Fsp3) is 0.600. The molecular weight excluding hydrogens is 224 g/mol. The van der Waals surface area contributed by atoms with Gasteiger partial charge in [-0.2, -0.15) is 0 Å². The molecule has 0 bridgehead atoms. The predicted molar refractivity (Wildman–Crippen MR) is 71.9 cm³/mol. The molecule has 1 aliphatic heterocycles. The molecule has 3 nitrogen and oxygen atoms in total. The first-order valence-corrected chi connectivity index (χ1v) is 7.02. The van der Waals surface area contributed by atoms with Crippen molar-refractivity contribution in [3.05, 3.63) is 35.4 Å². The average Bonchev–Trinajstić information content (AvgIpc) is 3.22. The Hall–Kier alpha value is -0.900. The summed E-state index contributed by atoms with van der Waals surface area (Å²) in [5.74, 6) is 6.57. The zero-order valence-corrected chi connectivity index (χ0v) is 10.8. The Kier molecular flexibility index (Phi) is 3.64. The summed E-state index contributed by atoms with van der Waals surface area (Å²) in [6.07, 6.45) is 6.19. The lowest BCUT2D eigenvalue weighted by molar-refractivity contribution is 0.0284. The molecule has 2 aliphatic rings. The SMILES string of the molecule is NNC(CC1CC1)CC1OCCc2ccccc21. The van der Waals surface area contributed by atoms with Crippen molar-refractivity contribution in [3.63, 3.8) is 0 Å². The standard InChI is InChI=1S/C15H22N2O/c16-17-13(9-11-5-6-11)10-15-14-4-2-1-3-12(14)7-8-18-15/h1-4,11,13,15,17H,5-10,16H2. The quantitative estimate of drug-likeness (QED) is 0.619. The summed E-state index contributed by atoms with van der Waals surface area (Å²) in [6, 6.07) is 9.02. The van der Waals surface area contributed by atoms with Crippen LogP contribution in [0.25, 0.3) is 0 Å². The van der Waals surface area contributed by atoms with E-state index in [0.29, 0.717) is 6.04 Å². The molecule has 2 atom stereocenters. The van der Waals surface area contributed by atoms with Gasteiger partial charge in [-0.3, -0.25) is 11.3 Å². The Morgan fingerprint density at radius 3 is 2.89 bits per heavy atom. The van der Waals surface area contributed by atoms with Gasteiger partial charge in [0.1, 0.15) is 0 Å². The Morgan fingerprint density at radius 1 is 1.28 bits per heavy atom. The molecule has 0 radical (unpaired) electrons. The van der Waals surface area contributed by atoms with E-state index in [2.05, 4.69) is 29.7 Å². The van der Waals surface area contributed by atoms with E-state index in [1.165, 1.54) is 30.4 Å². The molecule has 3 N–H and O–H groups in total. The molecule has 2 unspecified atom stereocenters. The van der Waals surface area contributed by atoms with Gasteiger partial charge in [0.15, 0.2) is 0 Å². The van der Waals surface area contributed by atoms with Crippen LogP contribution in [0.4, 0.5) is 0 Å². The highest BCUT2D eigenvalue weighted by atomic mass is 16.5. The summed E-state index contributed by atoms with van der Waals surface area (Å²) < 4.78 is 5.94. The average molecular weight is 246 g/mol. The minimum Gasteiger partial charge on any atom is -0.373 e. The maximum absolute atomic E-state index is 5.94. The molecule has 18 heavy (non-hydrogen) atoms. The first-order chi connectivity index (χ1) is 8.86. The molecule has 1 fully saturated rings. The highest BCUT2D eigenvalue weighted by molar-refractivity contribution is 5.31. The zero-order valence-electron chi connectivity index (χ0n) is 10.8. The van der Waals surface area contributed by atoms with Crippen LogP contribution < -0.4 is 11.3 Å². The number of rotatable bonds is 5. The van der Waals surface area contributed by atoms with E-state index in [0.717, 1.165) is 25.4 Å². The molecule has 3 heteroatoms. The predicted octanol–water partition coefficient (Wildman–Crippen LogP) is 2.32. The fourth-order valence-corrected chi connectivity index (χ4v) is 2.92. The van der Waals surface area contributed by atoms with Gasteiger partial charge in [0.05, 0.1) is 12.7 Å². The minimum atomic E-state index is 0.217. The lowest BCUT2D eigenvalue weighted by Crippen LogP contribution is -2.37. The lowest BCUT2D eigenvalue weighted by atomic mass is 9.92. The summed E-state index contributed by atoms with van der Waals surface area (Å²) in [7, 11) is 0. The van der Waals surface area contributed by atoms with Crippen molar-refractivity contribution in [3.8, 4) is 0 Å². The molecule has 0 spiro atoms. The Balaban J connectivity index is 1.68. The second kappa shape index (κ2) is 5.39. The van der Waals surface area contributed by atoms with Crippen molar-refractivity contribution in [1.82, 2.24) is 5.43 Å². The molecular formula is C15H22N2O. The summed E-state index contributed by atoms with van der Waals surface area (Å²) in [6.45, 7) is 0.836. The fourth-order valence-electron chi connectivity index (χ4n) is 2.92. The van der Waals surface area contributed by atoms with Gasteiger partial charge in [-0.15, -0.1) is 0 Å². The second-order valence-corrected chi connectivity index (χ2v) is 5.59. The summed E-state index contributed by atoms with van der Waals surface area (Å²) in [5.41, 5.74) is 5.77. The van der Waals surface area contributed by atoms with Crippen LogP contribution in [0.2, 0.25) is 0 Å². The van der Waals surface area contributed by atoms with Crippen molar-refractivity contribution >= 4 is 0 Å². The number of hydrogen-bond acceptors (Lipinski definition) is 3. The monoisotopic (exact) mass is 246 g/mol. The van der Waals surface area contributed by atoms with Crippen molar-refractivity contribution in [2.45, 2.75) is 44.2 Å². The van der Waals surface area contributed by atoms with Gasteiger partial charge >= 0.3 is 0 Å². The molecule has 1 aromatic rings. The van der Waals surface area contributed by atoms with Crippen LogP contribution in [0.15, 0.2) is 24.3 Å². The number of fused-ring (bicyclic) bond motifs is 1. The highest BCUT2D eigenvalue weighted by Crippen LogP contribution is 2.37. The largest absolute Gasteiger partial charge is 0.373 e. The Bertz CT molecular complexity index is 403. The van der Waals surface area contributed by atoms with Crippen LogP contribution in [-0.2, 0) is 11.2 Å². The minimum absolute atomic E-state index is 0.217. The van der Waals surface area contributed by atoms with E-state index in [1.807, 2.05) is 0 Å². The van der Waals surface area contributed by atoms with Crippen molar-refractivity contribution in [2.75, 3.05) is 6.61 Å². The number of nitrogens with one attached hydrogen (secondary N) is 1. The third-order valence-electron chi connectivity index (χ3n) is 4.14. The maximum Gasteiger partial charge on any atom is 0.0843 e. The maximum atomic E-state index is 5.94. The van der Waals surface area contributed by atoms with E-state index in [1.54, 1.807) is 0 Å². The number of ether oxygens (including phenoxy) is 1. The van der Waals surface area contributed by atoms with Crippen LogP contribution in [-0.4, -0.2) is 12.6 Å². The van der Waals surface area contributed by atoms with Crippen LogP contribution in [0, 0.1) is 5.92 Å². The van der Waals surface area contributed by atoms with Crippen LogP contribution >= 0.6 is 0 Å². The summed E-state index contributed by atoms with van der Waals surface area (Å²) >= 11 is 0. The molecule has 1 aliphatic carbocycles. The molecule has 0 aromatic heterocycles. The van der Waals surface area contributed by atoms with E-state index in [9.17, 15) is 0 Å². The van der Waals surface area contributed by atoms with Gasteiger partial charge in [-0.1, -0.05) is 37.1 Å². The normalized spacial score (nSPS) is 24.6. The first kappa shape index (κ1) is 12.2. The molecule has 0 saturated heterocycles. The van der Waals surface area contributed by atoms with E-state index >= 15 is 0 Å². The summed E-state index contributed by atoms with van der Waals surface area (Å²) in [5, 5.41) is 0. The number of hydrazine groups is 1. The van der Waals surface area contributed by atoms with Crippen molar-refractivity contribution < 1.29 is 4.74 Å². The molecule has 1 heterocycles. The van der Waals surface area contributed by atoms with Gasteiger partial charge in [-0.05, 0) is 36.3 Å². The Morgan fingerprint density at radius 2 is 2.11 bits per heavy atom. The van der Waals surface area contributed by atoms with E-state index in [-0.39, 0.29) is 6.10 Å². The number of nitrogens with two attached hydrogens (primary N) is 1. The topological polar surface area (TPSA) is 47.3 Å². The molecule has 0 amide bonds. The second-order valence-electron chi connectivity index (χ2n) is 5.59. The molecule has 3 rings (SSSR count). The Labute approximate surface area is 109 Å².